The number of hydrogen-bond donors (Lipinski definition) is 0. The molecule has 1 saturated heterocycles. The third-order valence-electron chi connectivity index (χ3n) is 4.58. The minimum Gasteiger partial charge on any atom is -0.494 e. The number of aromatic nitrogens is 3. The number of ether oxygens (including phenoxy) is 1. The smallest absolute Gasteiger partial charge is 0.249 e. The maximum atomic E-state index is 12.7. The molecule has 4 rings (SSSR count). The van der Waals surface area contributed by atoms with Crippen LogP contribution in [0.1, 0.15) is 30.8 Å². The van der Waals surface area contributed by atoms with E-state index >= 15 is 0 Å². The molecule has 27 heavy (non-hydrogen) atoms. The van der Waals surface area contributed by atoms with Crippen LogP contribution in [0.2, 0.25) is 0 Å². The standard InChI is InChI=1S/C20H20N4O3/c1-2-26-16-7-5-14(6-8-16)12-18(25)24-11-9-17(24)20-22-19(23-27-20)15-4-3-10-21-13-15/h3-8,10,13,17H,2,9,11-12H2,1H3. The number of carbonyl (C=O) groups excluding carboxylic acids is 1. The lowest BCUT2D eigenvalue weighted by Crippen LogP contribution is -2.46. The molecule has 1 unspecified atom stereocenters. The third kappa shape index (κ3) is 3.67. The molecule has 1 amide bonds. The van der Waals surface area contributed by atoms with E-state index in [0.717, 1.165) is 23.3 Å². The minimum absolute atomic E-state index is 0.0523. The SMILES string of the molecule is CCOc1ccc(CC(=O)N2CCC2c2nc(-c3cccnc3)no2)cc1. The number of carbonyl (C=O) groups is 1. The highest BCUT2D eigenvalue weighted by Crippen LogP contribution is 2.33. The van der Waals surface area contributed by atoms with E-state index in [9.17, 15) is 4.79 Å². The largest absolute Gasteiger partial charge is 0.494 e. The molecule has 3 heterocycles. The van der Waals surface area contributed by atoms with Crippen LogP contribution in [0, 0.1) is 0 Å². The second-order valence-electron chi connectivity index (χ2n) is 6.34. The number of benzene rings is 1. The summed E-state index contributed by atoms with van der Waals surface area (Å²) in [4.78, 5) is 23.0. The normalized spacial score (nSPS) is 16.0. The van der Waals surface area contributed by atoms with Crippen LogP contribution in [-0.2, 0) is 11.2 Å². The minimum atomic E-state index is -0.155. The van der Waals surface area contributed by atoms with E-state index in [4.69, 9.17) is 9.26 Å². The summed E-state index contributed by atoms with van der Waals surface area (Å²) in [6.45, 7) is 3.27. The summed E-state index contributed by atoms with van der Waals surface area (Å²) >= 11 is 0. The summed E-state index contributed by atoms with van der Waals surface area (Å²) in [6, 6.07) is 11.2. The Morgan fingerprint density at radius 3 is 2.81 bits per heavy atom. The van der Waals surface area contributed by atoms with Crippen LogP contribution in [0.4, 0.5) is 0 Å². The maximum Gasteiger partial charge on any atom is 0.249 e. The molecular formula is C20H20N4O3. The van der Waals surface area contributed by atoms with E-state index < -0.39 is 0 Å². The first-order chi connectivity index (χ1) is 13.2. The molecule has 138 valence electrons. The van der Waals surface area contributed by atoms with Crippen LogP contribution in [0.15, 0.2) is 53.3 Å². The van der Waals surface area contributed by atoms with Gasteiger partial charge in [0.25, 0.3) is 0 Å². The molecule has 0 spiro atoms. The first kappa shape index (κ1) is 17.2. The summed E-state index contributed by atoms with van der Waals surface area (Å²) < 4.78 is 10.8. The van der Waals surface area contributed by atoms with Crippen molar-refractivity contribution in [2.75, 3.05) is 13.2 Å². The van der Waals surface area contributed by atoms with Gasteiger partial charge >= 0.3 is 0 Å². The van der Waals surface area contributed by atoms with Crippen LogP contribution in [0.5, 0.6) is 5.75 Å². The number of pyridine rings is 1. The van der Waals surface area contributed by atoms with Crippen molar-refractivity contribution >= 4 is 5.91 Å². The zero-order valence-electron chi connectivity index (χ0n) is 15.0. The van der Waals surface area contributed by atoms with Crippen molar-refractivity contribution in [3.63, 3.8) is 0 Å². The lowest BCUT2D eigenvalue weighted by molar-refractivity contribution is -0.139. The average molecular weight is 364 g/mol. The van der Waals surface area contributed by atoms with E-state index in [2.05, 4.69) is 15.1 Å². The van der Waals surface area contributed by atoms with Gasteiger partial charge in [0.1, 0.15) is 11.8 Å². The van der Waals surface area contributed by atoms with Gasteiger partial charge in [0.05, 0.1) is 13.0 Å². The van der Waals surface area contributed by atoms with Gasteiger partial charge in [0, 0.05) is 24.5 Å². The second-order valence-corrected chi connectivity index (χ2v) is 6.34. The van der Waals surface area contributed by atoms with Crippen LogP contribution in [0.25, 0.3) is 11.4 Å². The van der Waals surface area contributed by atoms with E-state index in [-0.39, 0.29) is 11.9 Å². The van der Waals surface area contributed by atoms with Crippen molar-refractivity contribution in [3.8, 4) is 17.1 Å². The fourth-order valence-electron chi connectivity index (χ4n) is 3.07. The molecule has 1 fully saturated rings. The van der Waals surface area contributed by atoms with Crippen LogP contribution in [0.3, 0.4) is 0 Å². The maximum absolute atomic E-state index is 12.7. The highest BCUT2D eigenvalue weighted by Gasteiger charge is 2.37. The molecule has 2 aromatic heterocycles. The molecule has 0 bridgehead atoms. The Bertz CT molecular complexity index is 908. The molecule has 1 aliphatic heterocycles. The van der Waals surface area contributed by atoms with Crippen molar-refractivity contribution in [3.05, 3.63) is 60.2 Å². The number of rotatable bonds is 6. The molecule has 1 aliphatic rings. The molecule has 1 aromatic carbocycles. The Labute approximate surface area is 157 Å². The molecule has 7 heteroatoms. The highest BCUT2D eigenvalue weighted by atomic mass is 16.5. The lowest BCUT2D eigenvalue weighted by Gasteiger charge is -2.38. The van der Waals surface area contributed by atoms with E-state index in [1.165, 1.54) is 0 Å². The van der Waals surface area contributed by atoms with Crippen LogP contribution >= 0.6 is 0 Å². The molecule has 0 N–H and O–H groups in total. The predicted octanol–water partition coefficient (Wildman–Crippen LogP) is 3.05. The quantitative estimate of drug-likeness (QED) is 0.669. The Balaban J connectivity index is 1.41. The van der Waals surface area contributed by atoms with Gasteiger partial charge in [-0.05, 0) is 43.2 Å². The first-order valence-corrected chi connectivity index (χ1v) is 9.00. The number of amides is 1. The van der Waals surface area contributed by atoms with Gasteiger partial charge < -0.3 is 14.2 Å². The summed E-state index contributed by atoms with van der Waals surface area (Å²) in [5, 5.41) is 4.02. The Morgan fingerprint density at radius 1 is 1.30 bits per heavy atom. The molecule has 7 nitrogen and oxygen atoms in total. The topological polar surface area (TPSA) is 81.4 Å². The van der Waals surface area contributed by atoms with Crippen molar-refractivity contribution in [2.45, 2.75) is 25.8 Å². The number of hydrogen-bond acceptors (Lipinski definition) is 6. The predicted molar refractivity (Wildman–Crippen MR) is 97.9 cm³/mol. The number of likely N-dealkylation sites (tertiary alicyclic amines) is 1. The van der Waals surface area contributed by atoms with Crippen LogP contribution < -0.4 is 4.74 Å². The molecule has 1 atom stereocenters. The summed E-state index contributed by atoms with van der Waals surface area (Å²) in [6.07, 6.45) is 4.54. The Morgan fingerprint density at radius 2 is 2.15 bits per heavy atom. The van der Waals surface area contributed by atoms with Crippen molar-refractivity contribution in [1.29, 1.82) is 0 Å². The molecule has 0 aliphatic carbocycles. The van der Waals surface area contributed by atoms with E-state index in [1.807, 2.05) is 43.3 Å². The lowest BCUT2D eigenvalue weighted by atomic mass is 10.0. The van der Waals surface area contributed by atoms with Crippen molar-refractivity contribution < 1.29 is 14.1 Å². The second kappa shape index (κ2) is 7.57. The zero-order chi connectivity index (χ0) is 18.6. The van der Waals surface area contributed by atoms with Gasteiger partial charge in [-0.3, -0.25) is 9.78 Å². The van der Waals surface area contributed by atoms with E-state index in [0.29, 0.717) is 31.3 Å². The Hall–Kier alpha value is -3.22. The number of nitrogens with zero attached hydrogens (tertiary/aromatic N) is 4. The molecular weight excluding hydrogens is 344 g/mol. The average Bonchev–Trinajstić information content (AvgIpc) is 3.13. The zero-order valence-corrected chi connectivity index (χ0v) is 15.0. The van der Waals surface area contributed by atoms with Gasteiger partial charge in [-0.1, -0.05) is 17.3 Å². The van der Waals surface area contributed by atoms with Crippen LogP contribution in [-0.4, -0.2) is 39.1 Å². The molecule has 3 aromatic rings. The van der Waals surface area contributed by atoms with Gasteiger partial charge in [0.15, 0.2) is 0 Å². The highest BCUT2D eigenvalue weighted by molar-refractivity contribution is 5.80. The van der Waals surface area contributed by atoms with Gasteiger partial charge in [-0.15, -0.1) is 0 Å². The monoisotopic (exact) mass is 364 g/mol. The molecule has 0 radical (unpaired) electrons. The van der Waals surface area contributed by atoms with E-state index in [1.54, 1.807) is 17.3 Å². The van der Waals surface area contributed by atoms with Crippen molar-refractivity contribution in [2.24, 2.45) is 0 Å². The summed E-state index contributed by atoms with van der Waals surface area (Å²) in [5.41, 5.74) is 1.75. The third-order valence-corrected chi connectivity index (χ3v) is 4.58. The fraction of sp³-hybridized carbons (Fsp3) is 0.300. The molecule has 0 saturated carbocycles. The summed E-state index contributed by atoms with van der Waals surface area (Å²) in [5.74, 6) is 1.82. The Kier molecular flexibility index (Phi) is 4.82. The fourth-order valence-corrected chi connectivity index (χ4v) is 3.07. The van der Waals surface area contributed by atoms with Gasteiger partial charge in [0.2, 0.25) is 17.6 Å². The summed E-state index contributed by atoms with van der Waals surface area (Å²) in [7, 11) is 0. The van der Waals surface area contributed by atoms with Gasteiger partial charge in [-0.25, -0.2) is 0 Å². The first-order valence-electron chi connectivity index (χ1n) is 9.00. The van der Waals surface area contributed by atoms with Gasteiger partial charge in [-0.2, -0.15) is 4.98 Å². The van der Waals surface area contributed by atoms with Crippen molar-refractivity contribution in [1.82, 2.24) is 20.0 Å².